The Hall–Kier alpha value is -2.05. The molecule has 1 saturated heterocycles. The SMILES string of the molecule is CC(NC(=O)N1CC(CC(=O)O)C1)c1ncc[nH]1. The molecule has 1 aliphatic rings. The first-order chi connectivity index (χ1) is 8.56. The van der Waals surface area contributed by atoms with Gasteiger partial charge in [-0.2, -0.15) is 0 Å². The molecule has 2 amide bonds. The van der Waals surface area contributed by atoms with E-state index in [1.165, 1.54) is 0 Å². The van der Waals surface area contributed by atoms with Crippen LogP contribution in [-0.2, 0) is 4.79 Å². The monoisotopic (exact) mass is 252 g/mol. The van der Waals surface area contributed by atoms with Gasteiger partial charge in [0.1, 0.15) is 5.82 Å². The number of aromatic amines is 1. The minimum absolute atomic E-state index is 0.0761. The molecule has 1 aromatic heterocycles. The fraction of sp³-hybridized carbons (Fsp3) is 0.545. The number of carbonyl (C=O) groups excluding carboxylic acids is 1. The number of rotatable bonds is 4. The first-order valence-corrected chi connectivity index (χ1v) is 5.82. The number of carboxylic acids is 1. The van der Waals surface area contributed by atoms with Crippen molar-refractivity contribution in [1.82, 2.24) is 20.2 Å². The van der Waals surface area contributed by atoms with E-state index in [-0.39, 0.29) is 24.4 Å². The van der Waals surface area contributed by atoms with Crippen LogP contribution in [-0.4, -0.2) is 45.1 Å². The van der Waals surface area contributed by atoms with E-state index in [2.05, 4.69) is 15.3 Å². The Kier molecular flexibility index (Phi) is 3.50. The summed E-state index contributed by atoms with van der Waals surface area (Å²) >= 11 is 0. The standard InChI is InChI=1S/C11H16N4O3/c1-7(10-12-2-3-13-10)14-11(18)15-5-8(6-15)4-9(16)17/h2-3,7-8H,4-6H2,1H3,(H,12,13)(H,14,18)(H,16,17). The Labute approximate surface area is 104 Å². The second-order valence-corrected chi connectivity index (χ2v) is 4.51. The molecule has 2 heterocycles. The number of hydrogen-bond acceptors (Lipinski definition) is 3. The molecule has 3 N–H and O–H groups in total. The molecule has 0 bridgehead atoms. The summed E-state index contributed by atoms with van der Waals surface area (Å²) in [7, 11) is 0. The van der Waals surface area contributed by atoms with Crippen molar-refractivity contribution in [2.75, 3.05) is 13.1 Å². The van der Waals surface area contributed by atoms with Crippen molar-refractivity contribution in [2.24, 2.45) is 5.92 Å². The van der Waals surface area contributed by atoms with Gasteiger partial charge in [0.05, 0.1) is 12.5 Å². The number of amides is 2. The van der Waals surface area contributed by atoms with Gasteiger partial charge in [0.15, 0.2) is 0 Å². The maximum Gasteiger partial charge on any atom is 0.317 e. The second kappa shape index (κ2) is 5.07. The van der Waals surface area contributed by atoms with Crippen LogP contribution in [0.1, 0.15) is 25.2 Å². The van der Waals surface area contributed by atoms with Gasteiger partial charge < -0.3 is 20.3 Å². The van der Waals surface area contributed by atoms with Gasteiger partial charge in [-0.3, -0.25) is 4.79 Å². The van der Waals surface area contributed by atoms with Crippen LogP contribution in [0, 0.1) is 5.92 Å². The number of hydrogen-bond donors (Lipinski definition) is 3. The molecular weight excluding hydrogens is 236 g/mol. The number of imidazole rings is 1. The van der Waals surface area contributed by atoms with Crippen molar-refractivity contribution in [3.63, 3.8) is 0 Å². The van der Waals surface area contributed by atoms with Gasteiger partial charge in [-0.15, -0.1) is 0 Å². The lowest BCUT2D eigenvalue weighted by atomic mass is 9.97. The quantitative estimate of drug-likeness (QED) is 0.730. The number of likely N-dealkylation sites (tertiary alicyclic amines) is 1. The number of aliphatic carboxylic acids is 1. The van der Waals surface area contributed by atoms with Crippen LogP contribution in [0.4, 0.5) is 4.79 Å². The number of nitrogens with zero attached hydrogens (tertiary/aromatic N) is 2. The fourth-order valence-electron chi connectivity index (χ4n) is 1.97. The lowest BCUT2D eigenvalue weighted by Gasteiger charge is -2.38. The normalized spacial score (nSPS) is 17.1. The smallest absolute Gasteiger partial charge is 0.317 e. The highest BCUT2D eigenvalue weighted by Crippen LogP contribution is 2.19. The molecule has 0 aliphatic carbocycles. The summed E-state index contributed by atoms with van der Waals surface area (Å²) in [4.78, 5) is 30.9. The highest BCUT2D eigenvalue weighted by Gasteiger charge is 2.32. The summed E-state index contributed by atoms with van der Waals surface area (Å²) in [5.41, 5.74) is 0. The number of aromatic nitrogens is 2. The van der Waals surface area contributed by atoms with E-state index in [9.17, 15) is 9.59 Å². The third-order valence-corrected chi connectivity index (χ3v) is 2.98. The maximum absolute atomic E-state index is 11.8. The van der Waals surface area contributed by atoms with E-state index < -0.39 is 5.97 Å². The molecule has 7 nitrogen and oxygen atoms in total. The van der Waals surface area contributed by atoms with Crippen LogP contribution in [0.5, 0.6) is 0 Å². The molecule has 1 atom stereocenters. The Balaban J connectivity index is 1.75. The van der Waals surface area contributed by atoms with Gasteiger partial charge in [0.25, 0.3) is 0 Å². The first-order valence-electron chi connectivity index (χ1n) is 5.82. The molecule has 0 saturated carbocycles. The third kappa shape index (κ3) is 2.79. The Morgan fingerprint density at radius 2 is 2.39 bits per heavy atom. The highest BCUT2D eigenvalue weighted by atomic mass is 16.4. The summed E-state index contributed by atoms with van der Waals surface area (Å²) in [5, 5.41) is 11.4. The van der Waals surface area contributed by atoms with E-state index in [1.807, 2.05) is 6.92 Å². The minimum atomic E-state index is -0.816. The van der Waals surface area contributed by atoms with Crippen molar-refractivity contribution >= 4 is 12.0 Å². The van der Waals surface area contributed by atoms with Crippen molar-refractivity contribution in [1.29, 1.82) is 0 Å². The Morgan fingerprint density at radius 3 is 2.94 bits per heavy atom. The summed E-state index contributed by atoms with van der Waals surface area (Å²) in [5.74, 6) is -0.0397. The average molecular weight is 252 g/mol. The maximum atomic E-state index is 11.8. The van der Waals surface area contributed by atoms with Gasteiger partial charge >= 0.3 is 12.0 Å². The summed E-state index contributed by atoms with van der Waals surface area (Å²) in [6.45, 7) is 2.84. The van der Waals surface area contributed by atoms with Crippen LogP contribution >= 0.6 is 0 Å². The molecule has 98 valence electrons. The van der Waals surface area contributed by atoms with E-state index >= 15 is 0 Å². The number of H-pyrrole nitrogens is 1. The molecule has 1 aromatic rings. The zero-order chi connectivity index (χ0) is 13.1. The predicted molar refractivity (Wildman–Crippen MR) is 62.9 cm³/mol. The van der Waals surface area contributed by atoms with Crippen LogP contribution in [0.2, 0.25) is 0 Å². The first kappa shape index (κ1) is 12.4. The molecule has 1 unspecified atom stereocenters. The van der Waals surface area contributed by atoms with E-state index in [4.69, 9.17) is 5.11 Å². The Morgan fingerprint density at radius 1 is 1.67 bits per heavy atom. The summed E-state index contributed by atoms with van der Waals surface area (Å²) < 4.78 is 0. The summed E-state index contributed by atoms with van der Waals surface area (Å²) in [6.07, 6.45) is 3.45. The number of carboxylic acid groups (broad SMARTS) is 1. The lowest BCUT2D eigenvalue weighted by molar-refractivity contribution is -0.139. The van der Waals surface area contributed by atoms with E-state index in [0.29, 0.717) is 18.9 Å². The third-order valence-electron chi connectivity index (χ3n) is 2.98. The Bertz CT molecular complexity index is 426. The molecular formula is C11H16N4O3. The van der Waals surface area contributed by atoms with Crippen LogP contribution in [0.15, 0.2) is 12.4 Å². The predicted octanol–water partition coefficient (Wildman–Crippen LogP) is 0.587. The molecule has 18 heavy (non-hydrogen) atoms. The molecule has 2 rings (SSSR count). The molecule has 1 fully saturated rings. The highest BCUT2D eigenvalue weighted by molar-refractivity contribution is 5.76. The molecule has 0 aromatic carbocycles. The second-order valence-electron chi connectivity index (χ2n) is 4.51. The number of nitrogens with one attached hydrogen (secondary N) is 2. The summed E-state index contributed by atoms with van der Waals surface area (Å²) in [6, 6.07) is -0.369. The molecule has 7 heteroatoms. The average Bonchev–Trinajstić information content (AvgIpc) is 2.75. The van der Waals surface area contributed by atoms with Gasteiger partial charge in [0, 0.05) is 31.4 Å². The van der Waals surface area contributed by atoms with Gasteiger partial charge in [-0.1, -0.05) is 0 Å². The van der Waals surface area contributed by atoms with Gasteiger partial charge in [-0.05, 0) is 6.92 Å². The van der Waals surface area contributed by atoms with E-state index in [1.54, 1.807) is 17.3 Å². The number of carbonyl (C=O) groups is 2. The largest absolute Gasteiger partial charge is 0.481 e. The molecule has 0 radical (unpaired) electrons. The van der Waals surface area contributed by atoms with Crippen LogP contribution in [0.3, 0.4) is 0 Å². The van der Waals surface area contributed by atoms with Crippen molar-refractivity contribution in [2.45, 2.75) is 19.4 Å². The molecule has 0 spiro atoms. The topological polar surface area (TPSA) is 98.3 Å². The van der Waals surface area contributed by atoms with E-state index in [0.717, 1.165) is 0 Å². The molecule has 1 aliphatic heterocycles. The van der Waals surface area contributed by atoms with Crippen LogP contribution < -0.4 is 5.32 Å². The lowest BCUT2D eigenvalue weighted by Crippen LogP contribution is -2.54. The fourth-order valence-corrected chi connectivity index (χ4v) is 1.97. The zero-order valence-electron chi connectivity index (χ0n) is 10.1. The van der Waals surface area contributed by atoms with Crippen molar-refractivity contribution in [3.8, 4) is 0 Å². The minimum Gasteiger partial charge on any atom is -0.481 e. The van der Waals surface area contributed by atoms with Gasteiger partial charge in [-0.25, -0.2) is 9.78 Å². The van der Waals surface area contributed by atoms with Gasteiger partial charge in [0.2, 0.25) is 0 Å². The number of urea groups is 1. The van der Waals surface area contributed by atoms with Crippen molar-refractivity contribution < 1.29 is 14.7 Å². The van der Waals surface area contributed by atoms with Crippen molar-refractivity contribution in [3.05, 3.63) is 18.2 Å². The zero-order valence-corrected chi connectivity index (χ0v) is 10.1. The van der Waals surface area contributed by atoms with Crippen LogP contribution in [0.25, 0.3) is 0 Å².